The Morgan fingerprint density at radius 1 is 1.42 bits per heavy atom. The first-order chi connectivity index (χ1) is 9.11. The van der Waals surface area contributed by atoms with E-state index in [9.17, 15) is 9.59 Å². The van der Waals surface area contributed by atoms with Crippen LogP contribution in [0.2, 0.25) is 0 Å². The molecule has 1 heterocycles. The summed E-state index contributed by atoms with van der Waals surface area (Å²) in [5.74, 6) is -0.512. The van der Waals surface area contributed by atoms with Crippen LogP contribution in [0.3, 0.4) is 0 Å². The highest BCUT2D eigenvalue weighted by Crippen LogP contribution is 2.32. The van der Waals surface area contributed by atoms with Crippen LogP contribution in [0.15, 0.2) is 22.8 Å². The molecular formula is C14H19NO4. The van der Waals surface area contributed by atoms with Crippen molar-refractivity contribution in [2.24, 2.45) is 11.8 Å². The zero-order valence-electron chi connectivity index (χ0n) is 11.0. The lowest BCUT2D eigenvalue weighted by atomic mass is 10.0. The monoisotopic (exact) mass is 265 g/mol. The summed E-state index contributed by atoms with van der Waals surface area (Å²) in [6, 6.07) is 3.63. The summed E-state index contributed by atoms with van der Waals surface area (Å²) in [6.07, 6.45) is 3.32. The number of rotatable bonds is 5. The van der Waals surface area contributed by atoms with E-state index in [1.54, 1.807) is 17.2 Å². The van der Waals surface area contributed by atoms with Crippen LogP contribution in [0.1, 0.15) is 31.9 Å². The van der Waals surface area contributed by atoms with Gasteiger partial charge in [-0.3, -0.25) is 9.59 Å². The van der Waals surface area contributed by atoms with Gasteiger partial charge in [0.1, 0.15) is 5.76 Å². The molecule has 2 atom stereocenters. The van der Waals surface area contributed by atoms with Gasteiger partial charge in [0.2, 0.25) is 5.91 Å². The molecule has 2 unspecified atom stereocenters. The van der Waals surface area contributed by atoms with E-state index in [-0.39, 0.29) is 17.7 Å². The van der Waals surface area contributed by atoms with Crippen LogP contribution < -0.4 is 0 Å². The first-order valence-corrected chi connectivity index (χ1v) is 6.65. The number of carbonyl (C=O) groups excluding carboxylic acids is 1. The number of nitrogens with zero attached hydrogens (tertiary/aromatic N) is 1. The minimum Gasteiger partial charge on any atom is -0.481 e. The Balaban J connectivity index is 1.95. The van der Waals surface area contributed by atoms with Gasteiger partial charge in [0, 0.05) is 12.5 Å². The van der Waals surface area contributed by atoms with Gasteiger partial charge in [-0.2, -0.15) is 0 Å². The van der Waals surface area contributed by atoms with E-state index < -0.39 is 5.97 Å². The number of furan rings is 1. The molecule has 1 saturated carbocycles. The quantitative estimate of drug-likeness (QED) is 0.885. The topological polar surface area (TPSA) is 70.8 Å². The van der Waals surface area contributed by atoms with Gasteiger partial charge in [-0.1, -0.05) is 0 Å². The van der Waals surface area contributed by atoms with Crippen LogP contribution in [0, 0.1) is 11.8 Å². The molecule has 0 radical (unpaired) electrons. The third-order valence-electron chi connectivity index (χ3n) is 3.75. The molecule has 5 nitrogen and oxygen atoms in total. The molecular weight excluding hydrogens is 246 g/mol. The van der Waals surface area contributed by atoms with Crippen molar-refractivity contribution in [1.29, 1.82) is 0 Å². The maximum atomic E-state index is 12.4. The molecule has 19 heavy (non-hydrogen) atoms. The van der Waals surface area contributed by atoms with Crippen LogP contribution in [0.25, 0.3) is 0 Å². The second kappa shape index (κ2) is 5.91. The van der Waals surface area contributed by atoms with E-state index in [0.29, 0.717) is 32.4 Å². The number of hydrogen-bond donors (Lipinski definition) is 1. The lowest BCUT2D eigenvalue weighted by Gasteiger charge is -2.23. The van der Waals surface area contributed by atoms with Crippen molar-refractivity contribution in [2.75, 3.05) is 6.54 Å². The molecule has 5 heteroatoms. The fourth-order valence-electron chi connectivity index (χ4n) is 2.62. The van der Waals surface area contributed by atoms with Crippen molar-refractivity contribution in [2.45, 2.75) is 32.7 Å². The standard InChI is InChI=1S/C14H19NO4/c1-2-15(9-12-4-3-7-19-12)13(16)10-5-6-11(8-10)14(17)18/h3-4,7,10-11H,2,5-6,8-9H2,1H3,(H,17,18). The minimum absolute atomic E-state index is 0.0441. The Hall–Kier alpha value is -1.78. The molecule has 1 aromatic rings. The summed E-state index contributed by atoms with van der Waals surface area (Å²) in [5, 5.41) is 8.98. The third kappa shape index (κ3) is 3.16. The number of aliphatic carboxylic acids is 1. The lowest BCUT2D eigenvalue weighted by Crippen LogP contribution is -2.34. The van der Waals surface area contributed by atoms with Crippen LogP contribution in [0.5, 0.6) is 0 Å². The molecule has 2 rings (SSSR count). The van der Waals surface area contributed by atoms with E-state index in [4.69, 9.17) is 9.52 Å². The number of amides is 1. The molecule has 1 aliphatic rings. The molecule has 1 aromatic heterocycles. The lowest BCUT2D eigenvalue weighted by molar-refractivity contribution is -0.141. The first-order valence-electron chi connectivity index (χ1n) is 6.65. The zero-order valence-corrected chi connectivity index (χ0v) is 11.0. The maximum absolute atomic E-state index is 12.4. The fourth-order valence-corrected chi connectivity index (χ4v) is 2.62. The number of carboxylic acids is 1. The van der Waals surface area contributed by atoms with Crippen LogP contribution >= 0.6 is 0 Å². The summed E-state index contributed by atoms with van der Waals surface area (Å²) in [7, 11) is 0. The van der Waals surface area contributed by atoms with Crippen molar-refractivity contribution < 1.29 is 19.1 Å². The summed E-state index contributed by atoms with van der Waals surface area (Å²) >= 11 is 0. The van der Waals surface area contributed by atoms with Gasteiger partial charge in [0.25, 0.3) is 0 Å². The van der Waals surface area contributed by atoms with Crippen molar-refractivity contribution in [3.8, 4) is 0 Å². The van der Waals surface area contributed by atoms with E-state index in [0.717, 1.165) is 5.76 Å². The largest absolute Gasteiger partial charge is 0.481 e. The van der Waals surface area contributed by atoms with Gasteiger partial charge in [-0.15, -0.1) is 0 Å². The maximum Gasteiger partial charge on any atom is 0.306 e. The SMILES string of the molecule is CCN(Cc1ccco1)C(=O)C1CCC(C(=O)O)C1. The predicted octanol–water partition coefficient (Wildman–Crippen LogP) is 2.13. The fraction of sp³-hybridized carbons (Fsp3) is 0.571. The van der Waals surface area contributed by atoms with Crippen LogP contribution in [-0.4, -0.2) is 28.4 Å². The second-order valence-electron chi connectivity index (χ2n) is 4.98. The van der Waals surface area contributed by atoms with Crippen LogP contribution in [-0.2, 0) is 16.1 Å². The summed E-state index contributed by atoms with van der Waals surface area (Å²) in [4.78, 5) is 25.0. The highest BCUT2D eigenvalue weighted by molar-refractivity contribution is 5.81. The third-order valence-corrected chi connectivity index (χ3v) is 3.75. The summed E-state index contributed by atoms with van der Waals surface area (Å²) in [5.41, 5.74) is 0. The first kappa shape index (κ1) is 13.6. The molecule has 1 amide bonds. The van der Waals surface area contributed by atoms with Gasteiger partial charge in [-0.05, 0) is 38.3 Å². The average Bonchev–Trinajstić information content (AvgIpc) is 3.06. The average molecular weight is 265 g/mol. The van der Waals surface area contributed by atoms with Gasteiger partial charge in [0.15, 0.2) is 0 Å². The zero-order chi connectivity index (χ0) is 13.8. The molecule has 1 aliphatic carbocycles. The predicted molar refractivity (Wildman–Crippen MR) is 68.3 cm³/mol. The molecule has 1 fully saturated rings. The van der Waals surface area contributed by atoms with Gasteiger partial charge in [-0.25, -0.2) is 0 Å². The number of hydrogen-bond acceptors (Lipinski definition) is 3. The van der Waals surface area contributed by atoms with Crippen molar-refractivity contribution in [3.05, 3.63) is 24.2 Å². The van der Waals surface area contributed by atoms with Crippen molar-refractivity contribution >= 4 is 11.9 Å². The van der Waals surface area contributed by atoms with Crippen molar-refractivity contribution in [3.63, 3.8) is 0 Å². The highest BCUT2D eigenvalue weighted by Gasteiger charge is 2.35. The van der Waals surface area contributed by atoms with Gasteiger partial charge < -0.3 is 14.4 Å². The Morgan fingerprint density at radius 3 is 2.68 bits per heavy atom. The van der Waals surface area contributed by atoms with Gasteiger partial charge in [0.05, 0.1) is 18.7 Å². The number of carboxylic acid groups (broad SMARTS) is 1. The molecule has 0 saturated heterocycles. The summed E-state index contributed by atoms with van der Waals surface area (Å²) < 4.78 is 5.25. The van der Waals surface area contributed by atoms with Gasteiger partial charge >= 0.3 is 5.97 Å². The number of carbonyl (C=O) groups is 2. The van der Waals surface area contributed by atoms with E-state index in [1.165, 1.54) is 0 Å². The Morgan fingerprint density at radius 2 is 2.16 bits per heavy atom. The Labute approximate surface area is 112 Å². The van der Waals surface area contributed by atoms with E-state index >= 15 is 0 Å². The molecule has 1 N–H and O–H groups in total. The molecule has 0 aromatic carbocycles. The Bertz CT molecular complexity index is 440. The van der Waals surface area contributed by atoms with Crippen molar-refractivity contribution in [1.82, 2.24) is 4.90 Å². The normalized spacial score (nSPS) is 22.4. The smallest absolute Gasteiger partial charge is 0.306 e. The van der Waals surface area contributed by atoms with Crippen LogP contribution in [0.4, 0.5) is 0 Å². The van der Waals surface area contributed by atoms with E-state index in [2.05, 4.69) is 0 Å². The molecule has 104 valence electrons. The Kier molecular flexibility index (Phi) is 4.24. The second-order valence-corrected chi connectivity index (χ2v) is 4.98. The molecule has 0 bridgehead atoms. The summed E-state index contributed by atoms with van der Waals surface area (Å²) in [6.45, 7) is 2.98. The van der Waals surface area contributed by atoms with E-state index in [1.807, 2.05) is 13.0 Å². The molecule has 0 spiro atoms. The minimum atomic E-state index is -0.788. The highest BCUT2D eigenvalue weighted by atomic mass is 16.4. The molecule has 0 aliphatic heterocycles.